The lowest BCUT2D eigenvalue weighted by atomic mass is 10.0. The number of likely N-dealkylation sites (tertiary alicyclic amines) is 1. The van der Waals surface area contributed by atoms with E-state index in [1.807, 2.05) is 13.8 Å². The van der Waals surface area contributed by atoms with Crippen LogP contribution in [0.1, 0.15) is 35.5 Å². The summed E-state index contributed by atoms with van der Waals surface area (Å²) in [7, 11) is 1.60. The van der Waals surface area contributed by atoms with Crippen molar-refractivity contribution in [1.29, 1.82) is 10.7 Å². The number of fused-ring (bicyclic) bond motifs is 1. The number of nitrogens with zero attached hydrogens (tertiary/aromatic N) is 5. The van der Waals surface area contributed by atoms with Gasteiger partial charge in [0, 0.05) is 55.3 Å². The summed E-state index contributed by atoms with van der Waals surface area (Å²) in [5, 5.41) is 23.4. The Balaban J connectivity index is 0.000000449. The third kappa shape index (κ3) is 7.44. The van der Waals surface area contributed by atoms with Gasteiger partial charge in [-0.3, -0.25) is 15.0 Å². The van der Waals surface area contributed by atoms with Crippen LogP contribution in [0.5, 0.6) is 0 Å². The van der Waals surface area contributed by atoms with Gasteiger partial charge in [0.05, 0.1) is 36.1 Å². The number of methoxy groups -OCH3 is 1. The standard InChI is InChI=1S/C20H22ClFN6O2S.C5H6N2O/c1-11(2)26-20(29)14-10-28(31-22)19-18(14)27-16(9-25-19)17(23)13-5-4-12(21)8-15(13)24-6-7-30-3;6-1-5-2-7(3-5)4-8/h4-5,8-11,23-24H,6-7H2,1-3H3,(H,26,29);4-5H,2-3H2. The van der Waals surface area contributed by atoms with E-state index in [1.165, 1.54) is 12.4 Å². The van der Waals surface area contributed by atoms with Crippen LogP contribution in [0.25, 0.3) is 11.2 Å². The Kier molecular flexibility index (Phi) is 10.6. The van der Waals surface area contributed by atoms with Gasteiger partial charge in [-0.25, -0.2) is 13.9 Å². The monoisotopic (exact) mass is 574 g/mol. The number of benzene rings is 1. The number of aromatic nitrogens is 3. The van der Waals surface area contributed by atoms with Crippen LogP contribution in [0.2, 0.25) is 5.02 Å². The number of ether oxygens (including phenoxy) is 1. The molecule has 0 spiro atoms. The van der Waals surface area contributed by atoms with Gasteiger partial charge < -0.3 is 20.3 Å². The van der Waals surface area contributed by atoms with Crippen molar-refractivity contribution in [2.75, 3.05) is 38.7 Å². The molecule has 0 bridgehead atoms. The van der Waals surface area contributed by atoms with Crippen molar-refractivity contribution < 1.29 is 18.2 Å². The topological polar surface area (TPSA) is 149 Å². The molecule has 0 unspecified atom stereocenters. The first-order chi connectivity index (χ1) is 18.7. The molecule has 14 heteroatoms. The molecule has 1 saturated heterocycles. The van der Waals surface area contributed by atoms with E-state index in [2.05, 4.69) is 26.7 Å². The third-order valence-electron chi connectivity index (χ3n) is 5.57. The van der Waals surface area contributed by atoms with Crippen LogP contribution in [-0.2, 0) is 9.53 Å². The lowest BCUT2D eigenvalue weighted by Crippen LogP contribution is -2.44. The summed E-state index contributed by atoms with van der Waals surface area (Å²) in [6.07, 6.45) is 3.50. The zero-order valence-electron chi connectivity index (χ0n) is 21.6. The van der Waals surface area contributed by atoms with Gasteiger partial charge in [0.25, 0.3) is 5.91 Å². The average Bonchev–Trinajstić information content (AvgIpc) is 3.26. The van der Waals surface area contributed by atoms with Crippen LogP contribution in [0, 0.1) is 22.7 Å². The fourth-order valence-electron chi connectivity index (χ4n) is 3.63. The zero-order chi connectivity index (χ0) is 28.5. The van der Waals surface area contributed by atoms with Crippen LogP contribution in [0.4, 0.5) is 9.57 Å². The highest BCUT2D eigenvalue weighted by molar-refractivity contribution is 7.92. The molecule has 3 aromatic rings. The van der Waals surface area contributed by atoms with Crippen LogP contribution < -0.4 is 10.6 Å². The molecule has 1 aliphatic heterocycles. The second-order valence-electron chi connectivity index (χ2n) is 8.86. The van der Waals surface area contributed by atoms with Crippen molar-refractivity contribution in [2.45, 2.75) is 19.9 Å². The SMILES string of the molecule is COCCNc1cc(Cl)ccc1C(=N)c1cnc2c(n1)c(C(=O)NC(C)C)cn2SF.N#CC1CN(C=O)C1. The second kappa shape index (κ2) is 13.9. The minimum Gasteiger partial charge on any atom is -0.383 e. The molecule has 1 fully saturated rings. The molecule has 0 radical (unpaired) electrons. The molecular weight excluding hydrogens is 547 g/mol. The highest BCUT2D eigenvalue weighted by atomic mass is 35.5. The second-order valence-corrected chi connectivity index (χ2v) is 9.83. The molecule has 0 saturated carbocycles. The average molecular weight is 575 g/mol. The van der Waals surface area contributed by atoms with E-state index in [9.17, 15) is 13.5 Å². The molecule has 39 heavy (non-hydrogen) atoms. The van der Waals surface area contributed by atoms with E-state index in [1.54, 1.807) is 30.2 Å². The number of anilines is 1. The summed E-state index contributed by atoms with van der Waals surface area (Å²) in [6, 6.07) is 7.06. The van der Waals surface area contributed by atoms with Crippen LogP contribution >= 0.6 is 23.9 Å². The van der Waals surface area contributed by atoms with Crippen molar-refractivity contribution in [1.82, 2.24) is 24.2 Å². The van der Waals surface area contributed by atoms with Gasteiger partial charge in [0.2, 0.25) is 6.41 Å². The van der Waals surface area contributed by atoms with E-state index in [0.717, 1.165) is 10.4 Å². The lowest BCUT2D eigenvalue weighted by molar-refractivity contribution is -0.122. The normalized spacial score (nSPS) is 12.8. The van der Waals surface area contributed by atoms with Gasteiger partial charge in [0.15, 0.2) is 18.0 Å². The molecule has 4 rings (SSSR count). The first kappa shape index (κ1) is 29.8. The molecule has 1 aromatic carbocycles. The predicted octanol–water partition coefficient (Wildman–Crippen LogP) is 3.68. The number of nitriles is 1. The smallest absolute Gasteiger partial charge is 0.255 e. The summed E-state index contributed by atoms with van der Waals surface area (Å²) in [6.45, 7) is 5.91. The first-order valence-electron chi connectivity index (χ1n) is 11.9. The van der Waals surface area contributed by atoms with E-state index >= 15 is 0 Å². The number of hydrogen-bond donors (Lipinski definition) is 3. The summed E-state index contributed by atoms with van der Waals surface area (Å²) in [5.41, 5.74) is 2.13. The minimum atomic E-state index is -0.390. The summed E-state index contributed by atoms with van der Waals surface area (Å²) < 4.78 is 19.6. The Morgan fingerprint density at radius 2 is 2.15 bits per heavy atom. The highest BCUT2D eigenvalue weighted by Crippen LogP contribution is 2.26. The Labute approximate surface area is 234 Å². The number of carbonyl (C=O) groups excluding carboxylic acids is 2. The first-order valence-corrected chi connectivity index (χ1v) is 13.0. The Hall–Kier alpha value is -3.73. The van der Waals surface area contributed by atoms with Gasteiger partial charge in [-0.05, 0) is 32.0 Å². The van der Waals surface area contributed by atoms with Crippen molar-refractivity contribution in [2.24, 2.45) is 5.92 Å². The molecule has 3 N–H and O–H groups in total. The van der Waals surface area contributed by atoms with Crippen LogP contribution in [0.3, 0.4) is 0 Å². The molecule has 2 amide bonds. The quantitative estimate of drug-likeness (QED) is 0.189. The molecule has 0 aliphatic carbocycles. The maximum Gasteiger partial charge on any atom is 0.255 e. The minimum absolute atomic E-state index is 0.0747. The molecule has 1 aliphatic rings. The Bertz CT molecular complexity index is 1390. The maximum atomic E-state index is 13.4. The molecule has 206 valence electrons. The maximum absolute atomic E-state index is 13.4. The number of amides is 2. The highest BCUT2D eigenvalue weighted by Gasteiger charge is 2.24. The summed E-state index contributed by atoms with van der Waals surface area (Å²) in [4.78, 5) is 32.7. The number of hydrogen-bond acceptors (Lipinski definition) is 9. The number of carbonyl (C=O) groups is 2. The van der Waals surface area contributed by atoms with Gasteiger partial charge >= 0.3 is 0 Å². The van der Waals surface area contributed by atoms with Crippen LogP contribution in [0.15, 0.2) is 30.6 Å². The van der Waals surface area contributed by atoms with E-state index < -0.39 is 0 Å². The summed E-state index contributed by atoms with van der Waals surface area (Å²) >= 11 is 6.04. The van der Waals surface area contributed by atoms with Crippen molar-refractivity contribution in [3.8, 4) is 6.07 Å². The van der Waals surface area contributed by atoms with Crippen molar-refractivity contribution >= 4 is 58.8 Å². The number of nitrogens with one attached hydrogen (secondary N) is 3. The fourth-order valence-corrected chi connectivity index (χ4v) is 4.15. The van der Waals surface area contributed by atoms with E-state index in [-0.39, 0.29) is 58.3 Å². The summed E-state index contributed by atoms with van der Waals surface area (Å²) in [5.74, 6) is -0.292. The van der Waals surface area contributed by atoms with Gasteiger partial charge in [-0.1, -0.05) is 11.6 Å². The molecule has 0 atom stereocenters. The molecule has 11 nitrogen and oxygen atoms in total. The predicted molar refractivity (Wildman–Crippen MR) is 149 cm³/mol. The number of rotatable bonds is 10. The Morgan fingerprint density at radius 1 is 1.41 bits per heavy atom. The fraction of sp³-hybridized carbons (Fsp3) is 0.360. The molecular formula is C25H28ClFN8O3S. The van der Waals surface area contributed by atoms with Gasteiger partial charge in [-0.15, -0.1) is 3.89 Å². The Morgan fingerprint density at radius 3 is 2.77 bits per heavy atom. The number of halogens is 2. The molecule has 2 aromatic heterocycles. The van der Waals surface area contributed by atoms with Crippen molar-refractivity contribution in [3.05, 3.63) is 52.4 Å². The molecule has 3 heterocycles. The van der Waals surface area contributed by atoms with Crippen LogP contribution in [-0.4, -0.2) is 76.3 Å². The van der Waals surface area contributed by atoms with E-state index in [4.69, 9.17) is 27.0 Å². The largest absolute Gasteiger partial charge is 0.383 e. The van der Waals surface area contributed by atoms with E-state index in [0.29, 0.717) is 42.5 Å². The van der Waals surface area contributed by atoms with Gasteiger partial charge in [-0.2, -0.15) is 5.26 Å². The zero-order valence-corrected chi connectivity index (χ0v) is 23.1. The lowest BCUT2D eigenvalue weighted by Gasteiger charge is -2.31. The third-order valence-corrected chi connectivity index (χ3v) is 6.23. The van der Waals surface area contributed by atoms with Crippen molar-refractivity contribution in [3.63, 3.8) is 0 Å². The van der Waals surface area contributed by atoms with Gasteiger partial charge in [0.1, 0.15) is 11.2 Å².